The van der Waals surface area contributed by atoms with E-state index >= 15 is 0 Å². The number of rotatable bonds is 0. The van der Waals surface area contributed by atoms with Crippen molar-refractivity contribution in [2.45, 2.75) is 43.7 Å². The van der Waals surface area contributed by atoms with E-state index in [0.29, 0.717) is 12.3 Å². The van der Waals surface area contributed by atoms with Crippen molar-refractivity contribution in [1.82, 2.24) is 0 Å². The summed E-state index contributed by atoms with van der Waals surface area (Å²) in [6.45, 7) is 0. The van der Waals surface area contributed by atoms with Crippen LogP contribution in [-0.2, 0) is 4.79 Å². The Morgan fingerprint density at radius 1 is 1.28 bits per heavy atom. The van der Waals surface area contributed by atoms with E-state index in [4.69, 9.17) is 4.99 Å². The van der Waals surface area contributed by atoms with Gasteiger partial charge in [-0.25, -0.2) is 0 Å². The first kappa shape index (κ1) is 10.3. The van der Waals surface area contributed by atoms with Gasteiger partial charge in [-0.2, -0.15) is 0 Å². The van der Waals surface area contributed by atoms with Crippen molar-refractivity contribution < 1.29 is 4.79 Å². The zero-order chi connectivity index (χ0) is 12.2. The standard InChI is InChI=1S/C15H16N2O/c18-14-8-10-16-15-9-4-3-6-12(15)11-5-1-2-7-13(11)17(14)15/h1-2,5,7,10,12H,3-4,6,8-9H2. The van der Waals surface area contributed by atoms with Crippen LogP contribution < -0.4 is 4.90 Å². The fourth-order valence-corrected chi connectivity index (χ4v) is 3.94. The molecule has 2 aliphatic heterocycles. The van der Waals surface area contributed by atoms with E-state index in [1.807, 2.05) is 17.2 Å². The molecule has 2 unspecified atom stereocenters. The fraction of sp³-hybridized carbons (Fsp3) is 0.467. The molecule has 1 amide bonds. The van der Waals surface area contributed by atoms with Gasteiger partial charge < -0.3 is 0 Å². The lowest BCUT2D eigenvalue weighted by Gasteiger charge is -2.44. The molecule has 1 spiro atoms. The molecule has 3 nitrogen and oxygen atoms in total. The number of hydrogen-bond donors (Lipinski definition) is 0. The van der Waals surface area contributed by atoms with Crippen LogP contribution in [0.2, 0.25) is 0 Å². The van der Waals surface area contributed by atoms with Crippen LogP contribution in [0.5, 0.6) is 0 Å². The molecule has 2 heterocycles. The first-order valence-corrected chi connectivity index (χ1v) is 6.79. The number of para-hydroxylation sites is 1. The molecule has 0 radical (unpaired) electrons. The predicted molar refractivity (Wildman–Crippen MR) is 71.0 cm³/mol. The van der Waals surface area contributed by atoms with Crippen molar-refractivity contribution in [2.24, 2.45) is 4.99 Å². The maximum Gasteiger partial charge on any atom is 0.234 e. The number of carbonyl (C=O) groups is 1. The van der Waals surface area contributed by atoms with Crippen LogP contribution in [0, 0.1) is 0 Å². The minimum Gasteiger partial charge on any atom is -0.286 e. The van der Waals surface area contributed by atoms with E-state index in [1.54, 1.807) is 0 Å². The monoisotopic (exact) mass is 240 g/mol. The van der Waals surface area contributed by atoms with Gasteiger partial charge in [0.2, 0.25) is 5.91 Å². The second-order valence-electron chi connectivity index (χ2n) is 5.48. The van der Waals surface area contributed by atoms with Crippen molar-refractivity contribution in [3.63, 3.8) is 0 Å². The Morgan fingerprint density at radius 2 is 2.17 bits per heavy atom. The average Bonchev–Trinajstić information content (AvgIpc) is 2.70. The summed E-state index contributed by atoms with van der Waals surface area (Å²) in [5.41, 5.74) is 2.15. The first-order valence-electron chi connectivity index (χ1n) is 6.79. The average molecular weight is 240 g/mol. The van der Waals surface area contributed by atoms with Crippen molar-refractivity contribution in [2.75, 3.05) is 4.90 Å². The van der Waals surface area contributed by atoms with Gasteiger partial charge in [-0.15, -0.1) is 0 Å². The van der Waals surface area contributed by atoms with Gasteiger partial charge in [0.05, 0.1) is 6.42 Å². The maximum atomic E-state index is 12.3. The third-order valence-corrected chi connectivity index (χ3v) is 4.62. The lowest BCUT2D eigenvalue weighted by atomic mass is 9.77. The molecule has 1 saturated carbocycles. The van der Waals surface area contributed by atoms with E-state index < -0.39 is 0 Å². The zero-order valence-corrected chi connectivity index (χ0v) is 10.3. The molecule has 1 aromatic rings. The molecule has 2 atom stereocenters. The molecule has 1 aliphatic carbocycles. The molecular formula is C15H16N2O. The maximum absolute atomic E-state index is 12.3. The third kappa shape index (κ3) is 1.10. The molecule has 4 rings (SSSR count). The summed E-state index contributed by atoms with van der Waals surface area (Å²) in [5.74, 6) is 0.616. The van der Waals surface area contributed by atoms with E-state index in [-0.39, 0.29) is 11.6 Å². The van der Waals surface area contributed by atoms with Crippen LogP contribution in [0.15, 0.2) is 29.3 Å². The molecule has 1 fully saturated rings. The lowest BCUT2D eigenvalue weighted by Crippen LogP contribution is -2.54. The second kappa shape index (κ2) is 3.44. The normalized spacial score (nSPS) is 33.0. The van der Waals surface area contributed by atoms with Crippen molar-refractivity contribution in [1.29, 1.82) is 0 Å². The van der Waals surface area contributed by atoms with E-state index in [2.05, 4.69) is 18.2 Å². The van der Waals surface area contributed by atoms with Crippen LogP contribution in [0.4, 0.5) is 5.69 Å². The van der Waals surface area contributed by atoms with Gasteiger partial charge in [-0.1, -0.05) is 24.6 Å². The topological polar surface area (TPSA) is 32.7 Å². The highest BCUT2D eigenvalue weighted by Crippen LogP contribution is 2.56. The van der Waals surface area contributed by atoms with Crippen LogP contribution in [0.1, 0.15) is 43.6 Å². The molecule has 0 bridgehead atoms. The number of anilines is 1. The summed E-state index contributed by atoms with van der Waals surface area (Å²) in [6, 6.07) is 8.35. The molecule has 0 N–H and O–H groups in total. The van der Waals surface area contributed by atoms with Crippen LogP contribution in [-0.4, -0.2) is 17.8 Å². The second-order valence-corrected chi connectivity index (χ2v) is 5.48. The summed E-state index contributed by atoms with van der Waals surface area (Å²) in [5, 5.41) is 0. The van der Waals surface area contributed by atoms with Crippen molar-refractivity contribution in [3.05, 3.63) is 29.8 Å². The minimum absolute atomic E-state index is 0.210. The van der Waals surface area contributed by atoms with Gasteiger partial charge in [-0.3, -0.25) is 14.7 Å². The van der Waals surface area contributed by atoms with Crippen molar-refractivity contribution >= 4 is 17.8 Å². The Labute approximate surface area is 107 Å². The SMILES string of the molecule is O=C1CC=NC23CCCCC2c2ccccc2N13. The van der Waals surface area contributed by atoms with Gasteiger partial charge in [0.1, 0.15) is 5.66 Å². The highest BCUT2D eigenvalue weighted by molar-refractivity contribution is 6.06. The molecule has 3 aliphatic rings. The highest BCUT2D eigenvalue weighted by Gasteiger charge is 2.55. The molecule has 18 heavy (non-hydrogen) atoms. The Balaban J connectivity index is 1.97. The highest BCUT2D eigenvalue weighted by atomic mass is 16.2. The van der Waals surface area contributed by atoms with Gasteiger partial charge in [0.25, 0.3) is 0 Å². The number of hydrogen-bond acceptors (Lipinski definition) is 2. The summed E-state index contributed by atoms with van der Waals surface area (Å²) in [6.07, 6.45) is 6.86. The number of amides is 1. The van der Waals surface area contributed by atoms with E-state index in [1.165, 1.54) is 18.4 Å². The molecule has 92 valence electrons. The quantitative estimate of drug-likeness (QED) is 0.686. The largest absolute Gasteiger partial charge is 0.286 e. The molecule has 3 heteroatoms. The van der Waals surface area contributed by atoms with E-state index in [9.17, 15) is 4.79 Å². The number of nitrogens with zero attached hydrogens (tertiary/aromatic N) is 2. The van der Waals surface area contributed by atoms with Gasteiger partial charge in [0.15, 0.2) is 0 Å². The Hall–Kier alpha value is -1.64. The first-order chi connectivity index (χ1) is 8.83. The number of fused-ring (bicyclic) bond motifs is 3. The summed E-state index contributed by atoms with van der Waals surface area (Å²) >= 11 is 0. The van der Waals surface area contributed by atoms with Gasteiger partial charge in [0, 0.05) is 17.8 Å². The number of carbonyl (C=O) groups excluding carboxylic acids is 1. The molecular weight excluding hydrogens is 224 g/mol. The van der Waals surface area contributed by atoms with Gasteiger partial charge in [-0.05, 0) is 30.9 Å². The van der Waals surface area contributed by atoms with Crippen LogP contribution >= 0.6 is 0 Å². The molecule has 1 aromatic carbocycles. The lowest BCUT2D eigenvalue weighted by molar-refractivity contribution is -0.119. The van der Waals surface area contributed by atoms with Crippen LogP contribution in [0.25, 0.3) is 0 Å². The fourth-order valence-electron chi connectivity index (χ4n) is 3.94. The predicted octanol–water partition coefficient (Wildman–Crippen LogP) is 2.86. The molecule has 0 aromatic heterocycles. The van der Waals surface area contributed by atoms with E-state index in [0.717, 1.165) is 18.5 Å². The summed E-state index contributed by atoms with van der Waals surface area (Å²) in [7, 11) is 0. The smallest absolute Gasteiger partial charge is 0.234 e. The summed E-state index contributed by atoms with van der Waals surface area (Å²) < 4.78 is 0. The number of aliphatic imine (C=N–C) groups is 1. The Morgan fingerprint density at radius 3 is 3.11 bits per heavy atom. The third-order valence-electron chi connectivity index (χ3n) is 4.62. The van der Waals surface area contributed by atoms with Gasteiger partial charge >= 0.3 is 0 Å². The van der Waals surface area contributed by atoms with Crippen LogP contribution in [0.3, 0.4) is 0 Å². The molecule has 0 saturated heterocycles. The Bertz CT molecular complexity index is 551. The number of benzene rings is 1. The Kier molecular flexibility index (Phi) is 1.97. The van der Waals surface area contributed by atoms with Crippen molar-refractivity contribution in [3.8, 4) is 0 Å². The zero-order valence-electron chi connectivity index (χ0n) is 10.3. The minimum atomic E-state index is -0.280. The summed E-state index contributed by atoms with van der Waals surface area (Å²) in [4.78, 5) is 19.1.